The van der Waals surface area contributed by atoms with E-state index >= 15 is 0 Å². The van der Waals surface area contributed by atoms with Gasteiger partial charge < -0.3 is 9.84 Å². The van der Waals surface area contributed by atoms with Crippen molar-refractivity contribution < 1.29 is 19.4 Å². The van der Waals surface area contributed by atoms with Gasteiger partial charge in [0.1, 0.15) is 11.3 Å². The fourth-order valence-corrected chi connectivity index (χ4v) is 2.49. The maximum absolute atomic E-state index is 12.5. The Kier molecular flexibility index (Phi) is 5.53. The zero-order chi connectivity index (χ0) is 18.8. The van der Waals surface area contributed by atoms with Crippen LogP contribution in [-0.4, -0.2) is 23.0 Å². The average Bonchev–Trinajstić information content (AvgIpc) is 2.55. The van der Waals surface area contributed by atoms with E-state index in [9.17, 15) is 14.7 Å². The van der Waals surface area contributed by atoms with Gasteiger partial charge in [-0.15, -0.1) is 0 Å². The topological polar surface area (TPSA) is 63.6 Å². The van der Waals surface area contributed by atoms with Crippen LogP contribution >= 0.6 is 11.6 Å². The predicted molar refractivity (Wildman–Crippen MR) is 97.5 cm³/mol. The maximum atomic E-state index is 12.5. The molecule has 25 heavy (non-hydrogen) atoms. The van der Waals surface area contributed by atoms with Gasteiger partial charge >= 0.3 is 5.97 Å². The van der Waals surface area contributed by atoms with Gasteiger partial charge in [0.25, 0.3) is 0 Å². The van der Waals surface area contributed by atoms with Crippen LogP contribution in [-0.2, 0) is 10.2 Å². The standard InChI is InChI=1S/C20H21ClO4/c1-12(25-19(24)16-11-15(21)9-10-17(16)22)18(23)13-5-7-14(8-6-13)20(2,3)4/h5-12,22H,1-4H3/t12-/m1/s1. The molecule has 0 aliphatic heterocycles. The number of benzene rings is 2. The lowest BCUT2D eigenvalue weighted by atomic mass is 9.86. The largest absolute Gasteiger partial charge is 0.507 e. The van der Waals surface area contributed by atoms with Crippen molar-refractivity contribution in [1.29, 1.82) is 0 Å². The molecule has 1 atom stereocenters. The fourth-order valence-electron chi connectivity index (χ4n) is 2.32. The monoisotopic (exact) mass is 360 g/mol. The van der Waals surface area contributed by atoms with E-state index in [1.807, 2.05) is 12.1 Å². The molecule has 0 bridgehead atoms. The molecule has 0 saturated carbocycles. The Morgan fingerprint density at radius 3 is 2.24 bits per heavy atom. The third-order valence-corrected chi connectivity index (χ3v) is 4.10. The Morgan fingerprint density at radius 2 is 1.68 bits per heavy atom. The number of Topliss-reactive ketones (excluding diaryl/α,β-unsaturated/α-hetero) is 1. The predicted octanol–water partition coefficient (Wildman–Crippen LogP) is 4.77. The summed E-state index contributed by atoms with van der Waals surface area (Å²) in [6, 6.07) is 11.3. The van der Waals surface area contributed by atoms with Crippen LogP contribution < -0.4 is 0 Å². The Morgan fingerprint density at radius 1 is 1.08 bits per heavy atom. The highest BCUT2D eigenvalue weighted by molar-refractivity contribution is 6.31. The Bertz CT molecular complexity index is 788. The SMILES string of the molecule is C[C@@H](OC(=O)c1cc(Cl)ccc1O)C(=O)c1ccc(C(C)(C)C)cc1. The molecule has 2 aromatic carbocycles. The molecular weight excluding hydrogens is 340 g/mol. The van der Waals surface area contributed by atoms with Gasteiger partial charge in [-0.3, -0.25) is 4.79 Å². The summed E-state index contributed by atoms with van der Waals surface area (Å²) >= 11 is 5.82. The molecule has 0 radical (unpaired) electrons. The van der Waals surface area contributed by atoms with Gasteiger partial charge in [0.2, 0.25) is 5.78 Å². The molecule has 0 aromatic heterocycles. The molecular formula is C20H21ClO4. The molecule has 0 fully saturated rings. The number of carbonyl (C=O) groups excluding carboxylic acids is 2. The van der Waals surface area contributed by atoms with E-state index in [2.05, 4.69) is 20.8 Å². The number of hydrogen-bond acceptors (Lipinski definition) is 4. The average molecular weight is 361 g/mol. The number of carbonyl (C=O) groups is 2. The smallest absolute Gasteiger partial charge is 0.342 e. The van der Waals surface area contributed by atoms with E-state index in [-0.39, 0.29) is 22.5 Å². The lowest BCUT2D eigenvalue weighted by Crippen LogP contribution is -2.24. The van der Waals surface area contributed by atoms with Crippen LogP contribution in [0.3, 0.4) is 0 Å². The van der Waals surface area contributed by atoms with Crippen molar-refractivity contribution in [2.75, 3.05) is 0 Å². The quantitative estimate of drug-likeness (QED) is 0.630. The van der Waals surface area contributed by atoms with E-state index in [0.717, 1.165) is 5.56 Å². The summed E-state index contributed by atoms with van der Waals surface area (Å²) in [6.07, 6.45) is -0.980. The van der Waals surface area contributed by atoms with Gasteiger partial charge in [-0.25, -0.2) is 4.79 Å². The molecule has 4 nitrogen and oxygen atoms in total. The fraction of sp³-hybridized carbons (Fsp3) is 0.300. The first-order chi connectivity index (χ1) is 11.6. The molecule has 1 N–H and O–H groups in total. The third kappa shape index (κ3) is 4.60. The summed E-state index contributed by atoms with van der Waals surface area (Å²) in [5.74, 6) is -1.36. The summed E-state index contributed by atoms with van der Waals surface area (Å²) < 4.78 is 5.18. The number of phenols is 1. The van der Waals surface area contributed by atoms with Gasteiger partial charge in [-0.05, 0) is 36.1 Å². The van der Waals surface area contributed by atoms with Crippen molar-refractivity contribution in [2.45, 2.75) is 39.2 Å². The Balaban J connectivity index is 2.12. The second kappa shape index (κ2) is 7.28. The molecule has 0 saturated heterocycles. The highest BCUT2D eigenvalue weighted by atomic mass is 35.5. The molecule has 2 rings (SSSR count). The van der Waals surface area contributed by atoms with Gasteiger partial charge in [0.05, 0.1) is 0 Å². The normalized spacial score (nSPS) is 12.5. The highest BCUT2D eigenvalue weighted by Crippen LogP contribution is 2.24. The first-order valence-corrected chi connectivity index (χ1v) is 8.31. The molecule has 132 valence electrons. The van der Waals surface area contributed by atoms with E-state index in [1.165, 1.54) is 25.1 Å². The number of halogens is 1. The lowest BCUT2D eigenvalue weighted by Gasteiger charge is -2.19. The number of hydrogen-bond donors (Lipinski definition) is 1. The van der Waals surface area contributed by atoms with Crippen LogP contribution in [0.25, 0.3) is 0 Å². The Labute approximate surface area is 152 Å². The maximum Gasteiger partial charge on any atom is 0.342 e. The lowest BCUT2D eigenvalue weighted by molar-refractivity contribution is 0.0316. The first-order valence-electron chi connectivity index (χ1n) is 7.94. The number of esters is 1. The van der Waals surface area contributed by atoms with Crippen LogP contribution in [0.4, 0.5) is 0 Å². The second-order valence-corrected chi connectivity index (χ2v) is 7.34. The molecule has 5 heteroatoms. The van der Waals surface area contributed by atoms with Crippen molar-refractivity contribution >= 4 is 23.4 Å². The molecule has 0 amide bonds. The molecule has 2 aromatic rings. The summed E-state index contributed by atoms with van der Waals surface area (Å²) in [6.45, 7) is 7.77. The highest BCUT2D eigenvalue weighted by Gasteiger charge is 2.23. The van der Waals surface area contributed by atoms with Gasteiger partial charge in [0.15, 0.2) is 6.10 Å². The number of ketones is 1. The third-order valence-electron chi connectivity index (χ3n) is 3.87. The van der Waals surface area contributed by atoms with E-state index < -0.39 is 12.1 Å². The van der Waals surface area contributed by atoms with Crippen molar-refractivity contribution in [2.24, 2.45) is 0 Å². The zero-order valence-electron chi connectivity index (χ0n) is 14.7. The van der Waals surface area contributed by atoms with Crippen LogP contribution in [0.15, 0.2) is 42.5 Å². The molecule has 0 aliphatic carbocycles. The van der Waals surface area contributed by atoms with E-state index in [4.69, 9.17) is 16.3 Å². The minimum atomic E-state index is -0.980. The van der Waals surface area contributed by atoms with Crippen molar-refractivity contribution in [1.82, 2.24) is 0 Å². The molecule has 0 spiro atoms. The second-order valence-electron chi connectivity index (χ2n) is 6.90. The van der Waals surface area contributed by atoms with E-state index in [0.29, 0.717) is 10.6 Å². The molecule has 0 unspecified atom stereocenters. The minimum absolute atomic E-state index is 0.0102. The van der Waals surface area contributed by atoms with Gasteiger partial charge in [-0.1, -0.05) is 56.6 Å². The number of phenolic OH excluding ortho intramolecular Hbond substituents is 1. The number of ether oxygens (including phenoxy) is 1. The van der Waals surface area contributed by atoms with Crippen LogP contribution in [0.1, 0.15) is 54.0 Å². The summed E-state index contributed by atoms with van der Waals surface area (Å²) in [7, 11) is 0. The summed E-state index contributed by atoms with van der Waals surface area (Å²) in [5, 5.41) is 10.0. The first kappa shape index (κ1) is 19.0. The van der Waals surface area contributed by atoms with E-state index in [1.54, 1.807) is 12.1 Å². The summed E-state index contributed by atoms with van der Waals surface area (Å²) in [4.78, 5) is 24.6. The summed E-state index contributed by atoms with van der Waals surface area (Å²) in [5.41, 5.74) is 1.49. The minimum Gasteiger partial charge on any atom is -0.507 e. The van der Waals surface area contributed by atoms with Crippen molar-refractivity contribution in [3.63, 3.8) is 0 Å². The van der Waals surface area contributed by atoms with Crippen LogP contribution in [0, 0.1) is 0 Å². The van der Waals surface area contributed by atoms with Crippen LogP contribution in [0.2, 0.25) is 5.02 Å². The van der Waals surface area contributed by atoms with Crippen LogP contribution in [0.5, 0.6) is 5.75 Å². The number of rotatable bonds is 4. The van der Waals surface area contributed by atoms with Crippen molar-refractivity contribution in [3.8, 4) is 5.75 Å². The molecule has 0 heterocycles. The van der Waals surface area contributed by atoms with Gasteiger partial charge in [-0.2, -0.15) is 0 Å². The Hall–Kier alpha value is -2.33. The molecule has 0 aliphatic rings. The van der Waals surface area contributed by atoms with Crippen molar-refractivity contribution in [3.05, 3.63) is 64.2 Å². The van der Waals surface area contributed by atoms with Gasteiger partial charge in [0, 0.05) is 10.6 Å². The number of aromatic hydroxyl groups is 1. The zero-order valence-corrected chi connectivity index (χ0v) is 15.4.